The van der Waals surface area contributed by atoms with E-state index in [1.807, 2.05) is 41.9 Å². The lowest BCUT2D eigenvalue weighted by Gasteiger charge is -2.04. The first-order valence-electron chi connectivity index (χ1n) is 6.38. The average Bonchev–Trinajstić information content (AvgIpc) is 2.84. The Labute approximate surface area is 130 Å². The van der Waals surface area contributed by atoms with E-state index in [-0.39, 0.29) is 11.3 Å². The maximum absolute atomic E-state index is 10.8. The highest BCUT2D eigenvalue weighted by Crippen LogP contribution is 2.33. The molecule has 0 saturated carbocycles. The van der Waals surface area contributed by atoms with E-state index in [0.717, 1.165) is 16.2 Å². The lowest BCUT2D eigenvalue weighted by atomic mass is 10.2. The monoisotopic (exact) mass is 310 g/mol. The molecule has 0 radical (unpaired) electrons. The van der Waals surface area contributed by atoms with E-state index in [2.05, 4.69) is 4.98 Å². The Hall–Kier alpha value is -2.85. The van der Waals surface area contributed by atoms with Crippen molar-refractivity contribution in [1.29, 1.82) is 5.26 Å². The summed E-state index contributed by atoms with van der Waals surface area (Å²) in [5, 5.41) is 20.7. The second kappa shape index (κ2) is 5.50. The van der Waals surface area contributed by atoms with Gasteiger partial charge in [0.1, 0.15) is 6.07 Å². The first kappa shape index (κ1) is 14.1. The Morgan fingerprint density at radius 3 is 2.77 bits per heavy atom. The summed E-state index contributed by atoms with van der Waals surface area (Å²) in [5.41, 5.74) is 2.04. The fourth-order valence-corrected chi connectivity index (χ4v) is 3.05. The Kier molecular flexibility index (Phi) is 3.53. The zero-order valence-electron chi connectivity index (χ0n) is 11.6. The molecule has 0 N–H and O–H groups in total. The largest absolute Gasteiger partial charge is 0.322 e. The second-order valence-corrected chi connectivity index (χ2v) is 5.60. The third kappa shape index (κ3) is 2.40. The summed E-state index contributed by atoms with van der Waals surface area (Å²) in [6.45, 7) is 0. The van der Waals surface area contributed by atoms with Crippen LogP contribution in [0.5, 0.6) is 0 Å². The Balaban J connectivity index is 2.03. The van der Waals surface area contributed by atoms with Crippen molar-refractivity contribution in [3.63, 3.8) is 0 Å². The molecule has 0 amide bonds. The summed E-state index contributed by atoms with van der Waals surface area (Å²) in [7, 11) is 1.90. The Bertz CT molecular complexity index is 927. The van der Waals surface area contributed by atoms with Gasteiger partial charge in [0.2, 0.25) is 0 Å². The normalized spacial score (nSPS) is 10.5. The van der Waals surface area contributed by atoms with Crippen molar-refractivity contribution < 1.29 is 4.92 Å². The van der Waals surface area contributed by atoms with E-state index < -0.39 is 4.92 Å². The highest BCUT2D eigenvalue weighted by Gasteiger charge is 2.14. The molecule has 0 fully saturated rings. The highest BCUT2D eigenvalue weighted by atomic mass is 32.2. The topological polar surface area (TPSA) is 84.7 Å². The van der Waals surface area contributed by atoms with Gasteiger partial charge in [0.25, 0.3) is 5.69 Å². The molecule has 3 rings (SSSR count). The molecule has 0 spiro atoms. The van der Waals surface area contributed by atoms with Gasteiger partial charge < -0.3 is 4.57 Å². The van der Waals surface area contributed by atoms with Crippen LogP contribution in [-0.2, 0) is 7.05 Å². The molecule has 7 heteroatoms. The van der Waals surface area contributed by atoms with Crippen molar-refractivity contribution in [3.05, 3.63) is 58.1 Å². The van der Waals surface area contributed by atoms with Crippen molar-refractivity contribution in [3.8, 4) is 6.07 Å². The Morgan fingerprint density at radius 2 is 2.09 bits per heavy atom. The van der Waals surface area contributed by atoms with Gasteiger partial charge in [0.05, 0.1) is 21.5 Å². The van der Waals surface area contributed by atoms with Crippen LogP contribution in [-0.4, -0.2) is 14.5 Å². The van der Waals surface area contributed by atoms with E-state index in [1.54, 1.807) is 6.07 Å². The number of aryl methyl sites for hydroxylation is 1. The number of nitro groups is 1. The maximum Gasteiger partial charge on any atom is 0.270 e. The number of benzene rings is 2. The molecule has 108 valence electrons. The number of nitro benzene ring substituents is 1. The second-order valence-electron chi connectivity index (χ2n) is 4.59. The fourth-order valence-electron chi connectivity index (χ4n) is 2.12. The molecular weight excluding hydrogens is 300 g/mol. The van der Waals surface area contributed by atoms with Gasteiger partial charge in [-0.2, -0.15) is 5.26 Å². The molecule has 2 aromatic carbocycles. The van der Waals surface area contributed by atoms with Gasteiger partial charge in [-0.15, -0.1) is 0 Å². The third-order valence-electron chi connectivity index (χ3n) is 3.24. The quantitative estimate of drug-likeness (QED) is 0.546. The minimum atomic E-state index is -0.510. The zero-order valence-corrected chi connectivity index (χ0v) is 12.4. The molecule has 0 aliphatic rings. The van der Waals surface area contributed by atoms with Gasteiger partial charge in [-0.05, 0) is 18.2 Å². The molecule has 0 unspecified atom stereocenters. The number of aromatic nitrogens is 2. The van der Waals surface area contributed by atoms with E-state index in [9.17, 15) is 15.4 Å². The van der Waals surface area contributed by atoms with Crippen molar-refractivity contribution >= 4 is 28.5 Å². The van der Waals surface area contributed by atoms with Crippen LogP contribution in [0.25, 0.3) is 11.0 Å². The predicted molar refractivity (Wildman–Crippen MR) is 82.6 cm³/mol. The average molecular weight is 310 g/mol. The molecule has 0 bridgehead atoms. The van der Waals surface area contributed by atoms with Crippen molar-refractivity contribution in [2.75, 3.05) is 0 Å². The van der Waals surface area contributed by atoms with Crippen LogP contribution < -0.4 is 0 Å². The number of nitriles is 1. The maximum atomic E-state index is 10.8. The van der Waals surface area contributed by atoms with Gasteiger partial charge in [0, 0.05) is 24.1 Å². The standard InChI is InChI=1S/C15H10N4O2S/c1-18-13-5-3-2-4-12(13)17-15(18)22-14-7-6-11(19(20)21)8-10(14)9-16/h2-8H,1H3. The summed E-state index contributed by atoms with van der Waals surface area (Å²) >= 11 is 1.32. The molecule has 0 aliphatic heterocycles. The number of rotatable bonds is 3. The molecule has 3 aromatic rings. The molecule has 22 heavy (non-hydrogen) atoms. The predicted octanol–water partition coefficient (Wildman–Crippen LogP) is 3.50. The SMILES string of the molecule is Cn1c(Sc2ccc([N+](=O)[O-])cc2C#N)nc2ccccc21. The van der Waals surface area contributed by atoms with Gasteiger partial charge in [-0.3, -0.25) is 10.1 Å². The number of hydrogen-bond donors (Lipinski definition) is 0. The van der Waals surface area contributed by atoms with Crippen LogP contribution in [0.3, 0.4) is 0 Å². The van der Waals surface area contributed by atoms with Crippen molar-refractivity contribution in [2.45, 2.75) is 10.1 Å². The van der Waals surface area contributed by atoms with Crippen LogP contribution in [0, 0.1) is 21.4 Å². The highest BCUT2D eigenvalue weighted by molar-refractivity contribution is 7.99. The first-order valence-corrected chi connectivity index (χ1v) is 7.19. The van der Waals surface area contributed by atoms with E-state index in [4.69, 9.17) is 0 Å². The number of imidazole rings is 1. The first-order chi connectivity index (χ1) is 10.6. The summed E-state index contributed by atoms with van der Waals surface area (Å²) < 4.78 is 1.93. The summed E-state index contributed by atoms with van der Waals surface area (Å²) in [6.07, 6.45) is 0. The number of non-ortho nitro benzene ring substituents is 1. The number of fused-ring (bicyclic) bond motifs is 1. The van der Waals surface area contributed by atoms with E-state index >= 15 is 0 Å². The molecular formula is C15H10N4O2S. The van der Waals surface area contributed by atoms with Crippen LogP contribution in [0.15, 0.2) is 52.5 Å². The van der Waals surface area contributed by atoms with E-state index in [1.165, 1.54) is 23.9 Å². The summed E-state index contributed by atoms with van der Waals surface area (Å²) in [4.78, 5) is 15.4. The third-order valence-corrected chi connectivity index (χ3v) is 4.37. The van der Waals surface area contributed by atoms with Crippen LogP contribution in [0.1, 0.15) is 5.56 Å². The van der Waals surface area contributed by atoms with Crippen LogP contribution in [0.4, 0.5) is 5.69 Å². The van der Waals surface area contributed by atoms with Crippen LogP contribution in [0.2, 0.25) is 0 Å². The fraction of sp³-hybridized carbons (Fsp3) is 0.0667. The summed E-state index contributed by atoms with van der Waals surface area (Å²) in [5.74, 6) is 0. The van der Waals surface area contributed by atoms with Gasteiger partial charge in [0.15, 0.2) is 5.16 Å². The van der Waals surface area contributed by atoms with Gasteiger partial charge in [-0.1, -0.05) is 23.9 Å². The molecule has 0 saturated heterocycles. The summed E-state index contributed by atoms with van der Waals surface area (Å²) in [6, 6.07) is 14.0. The van der Waals surface area contributed by atoms with Gasteiger partial charge in [-0.25, -0.2) is 4.98 Å². The Morgan fingerprint density at radius 1 is 1.32 bits per heavy atom. The molecule has 6 nitrogen and oxygen atoms in total. The molecule has 0 atom stereocenters. The molecule has 0 aliphatic carbocycles. The minimum absolute atomic E-state index is 0.0918. The smallest absolute Gasteiger partial charge is 0.270 e. The molecule has 1 aromatic heterocycles. The number of nitrogens with zero attached hydrogens (tertiary/aromatic N) is 4. The zero-order chi connectivity index (χ0) is 15.7. The van der Waals surface area contributed by atoms with E-state index in [0.29, 0.717) is 4.90 Å². The van der Waals surface area contributed by atoms with Crippen molar-refractivity contribution in [2.24, 2.45) is 7.05 Å². The van der Waals surface area contributed by atoms with Crippen LogP contribution >= 0.6 is 11.8 Å². The van der Waals surface area contributed by atoms with Gasteiger partial charge >= 0.3 is 0 Å². The van der Waals surface area contributed by atoms with Crippen molar-refractivity contribution in [1.82, 2.24) is 9.55 Å². The molecule has 1 heterocycles. The minimum Gasteiger partial charge on any atom is -0.322 e. The number of hydrogen-bond acceptors (Lipinski definition) is 5. The number of para-hydroxylation sites is 2. The lowest BCUT2D eigenvalue weighted by molar-refractivity contribution is -0.384. The lowest BCUT2D eigenvalue weighted by Crippen LogP contribution is -1.93.